The summed E-state index contributed by atoms with van der Waals surface area (Å²) in [7, 11) is 4.29. The molecule has 120 valence electrons. The molecule has 0 saturated heterocycles. The molecule has 0 spiro atoms. The molecular formula is C18H33N3. The highest BCUT2D eigenvalue weighted by molar-refractivity contribution is 5.27. The van der Waals surface area contributed by atoms with Gasteiger partial charge in [0.25, 0.3) is 0 Å². The first-order valence-electron chi connectivity index (χ1n) is 8.32. The van der Waals surface area contributed by atoms with Gasteiger partial charge in [0.1, 0.15) is 0 Å². The maximum atomic E-state index is 3.52. The minimum absolute atomic E-state index is 0.984. The van der Waals surface area contributed by atoms with Gasteiger partial charge in [0, 0.05) is 26.2 Å². The van der Waals surface area contributed by atoms with Crippen molar-refractivity contribution in [3.63, 3.8) is 0 Å². The normalized spacial score (nSPS) is 11.5. The second kappa shape index (κ2) is 10.8. The molecule has 3 heteroatoms. The minimum atomic E-state index is 0.984. The predicted octanol–water partition coefficient (Wildman–Crippen LogP) is 2.96. The molecule has 0 unspecified atom stereocenters. The summed E-state index contributed by atoms with van der Waals surface area (Å²) in [5.41, 5.74) is 2.91. The van der Waals surface area contributed by atoms with E-state index in [9.17, 15) is 0 Å². The summed E-state index contributed by atoms with van der Waals surface area (Å²) in [4.78, 5) is 4.83. The zero-order valence-corrected chi connectivity index (χ0v) is 14.4. The molecule has 0 amide bonds. The van der Waals surface area contributed by atoms with E-state index in [0.717, 1.165) is 32.7 Å². The molecule has 1 aromatic rings. The van der Waals surface area contributed by atoms with E-state index in [-0.39, 0.29) is 0 Å². The lowest BCUT2D eigenvalue weighted by molar-refractivity contribution is 0.233. The van der Waals surface area contributed by atoms with Crippen LogP contribution in [-0.2, 0) is 13.1 Å². The van der Waals surface area contributed by atoms with Gasteiger partial charge in [-0.15, -0.1) is 0 Å². The molecule has 0 saturated carbocycles. The van der Waals surface area contributed by atoms with Crippen LogP contribution in [0.2, 0.25) is 0 Å². The number of benzene rings is 1. The Morgan fingerprint density at radius 3 is 2.24 bits per heavy atom. The van der Waals surface area contributed by atoms with Gasteiger partial charge in [0.05, 0.1) is 0 Å². The highest BCUT2D eigenvalue weighted by Gasteiger charge is 2.08. The average molecular weight is 291 g/mol. The molecule has 0 radical (unpaired) electrons. The molecule has 0 bridgehead atoms. The summed E-state index contributed by atoms with van der Waals surface area (Å²) >= 11 is 0. The fourth-order valence-corrected chi connectivity index (χ4v) is 2.45. The van der Waals surface area contributed by atoms with Crippen LogP contribution in [0, 0.1) is 0 Å². The predicted molar refractivity (Wildman–Crippen MR) is 92.6 cm³/mol. The van der Waals surface area contributed by atoms with Gasteiger partial charge in [-0.3, -0.25) is 4.90 Å². The van der Waals surface area contributed by atoms with Crippen molar-refractivity contribution in [3.8, 4) is 0 Å². The van der Waals surface area contributed by atoms with Crippen LogP contribution in [0.1, 0.15) is 37.8 Å². The molecule has 0 aliphatic rings. The summed E-state index contributed by atoms with van der Waals surface area (Å²) in [6, 6.07) is 8.85. The third kappa shape index (κ3) is 7.60. The Morgan fingerprint density at radius 2 is 1.62 bits per heavy atom. The van der Waals surface area contributed by atoms with Crippen LogP contribution in [0.15, 0.2) is 24.3 Å². The van der Waals surface area contributed by atoms with Crippen molar-refractivity contribution in [1.82, 2.24) is 15.1 Å². The zero-order valence-electron chi connectivity index (χ0n) is 14.4. The molecule has 1 rings (SSSR count). The van der Waals surface area contributed by atoms with Crippen molar-refractivity contribution >= 4 is 0 Å². The van der Waals surface area contributed by atoms with E-state index < -0.39 is 0 Å². The lowest BCUT2D eigenvalue weighted by atomic mass is 10.1. The molecule has 0 aliphatic heterocycles. The van der Waals surface area contributed by atoms with Gasteiger partial charge in [-0.1, -0.05) is 38.1 Å². The van der Waals surface area contributed by atoms with Crippen molar-refractivity contribution < 1.29 is 0 Å². The third-order valence-corrected chi connectivity index (χ3v) is 3.66. The average Bonchev–Trinajstić information content (AvgIpc) is 2.47. The van der Waals surface area contributed by atoms with Crippen molar-refractivity contribution in [2.45, 2.75) is 39.8 Å². The zero-order chi connectivity index (χ0) is 15.5. The largest absolute Gasteiger partial charge is 0.313 e. The molecule has 0 atom stereocenters. The summed E-state index contributed by atoms with van der Waals surface area (Å²) < 4.78 is 0. The first-order chi connectivity index (χ1) is 10.2. The van der Waals surface area contributed by atoms with Crippen LogP contribution in [0.5, 0.6) is 0 Å². The molecule has 1 aromatic carbocycles. The van der Waals surface area contributed by atoms with Crippen molar-refractivity contribution in [1.29, 1.82) is 0 Å². The smallest absolute Gasteiger partial charge is 0.0237 e. The number of hydrogen-bond acceptors (Lipinski definition) is 3. The lowest BCUT2D eigenvalue weighted by Gasteiger charge is -2.25. The number of nitrogens with zero attached hydrogens (tertiary/aromatic N) is 2. The molecule has 0 aliphatic carbocycles. The lowest BCUT2D eigenvalue weighted by Crippen LogP contribution is -2.32. The fourth-order valence-electron chi connectivity index (χ4n) is 2.45. The Morgan fingerprint density at radius 1 is 0.905 bits per heavy atom. The fraction of sp³-hybridized carbons (Fsp3) is 0.667. The van der Waals surface area contributed by atoms with Crippen LogP contribution in [0.25, 0.3) is 0 Å². The summed E-state index contributed by atoms with van der Waals surface area (Å²) in [6.45, 7) is 11.0. The highest BCUT2D eigenvalue weighted by atomic mass is 15.2. The molecule has 1 N–H and O–H groups in total. The Labute approximate surface area is 131 Å². The topological polar surface area (TPSA) is 18.5 Å². The number of likely N-dealkylation sites (N-methyl/N-ethyl adjacent to an activating group) is 1. The Hall–Kier alpha value is -0.900. The first kappa shape index (κ1) is 18.1. The van der Waals surface area contributed by atoms with Gasteiger partial charge in [-0.25, -0.2) is 0 Å². The van der Waals surface area contributed by atoms with Crippen molar-refractivity contribution in [2.75, 3.05) is 40.3 Å². The van der Waals surface area contributed by atoms with Crippen LogP contribution in [-0.4, -0.2) is 50.1 Å². The van der Waals surface area contributed by atoms with Crippen LogP contribution < -0.4 is 5.32 Å². The summed E-state index contributed by atoms with van der Waals surface area (Å²) in [6.07, 6.45) is 2.40. The Bertz CT molecular complexity index is 376. The standard InChI is InChI=1S/C18H33N3/c1-5-11-19-15-17-9-7-8-10-18(17)16-21(12-6-2)14-13-20(3)4/h7-10,19H,5-6,11-16H2,1-4H3. The summed E-state index contributed by atoms with van der Waals surface area (Å²) in [5.74, 6) is 0. The van der Waals surface area contributed by atoms with Crippen LogP contribution >= 0.6 is 0 Å². The molecular weight excluding hydrogens is 258 g/mol. The van der Waals surface area contributed by atoms with E-state index >= 15 is 0 Å². The van der Waals surface area contributed by atoms with Gasteiger partial charge in [0.15, 0.2) is 0 Å². The molecule has 21 heavy (non-hydrogen) atoms. The number of nitrogens with one attached hydrogen (secondary N) is 1. The van der Waals surface area contributed by atoms with E-state index in [1.165, 1.54) is 30.5 Å². The molecule has 0 heterocycles. The van der Waals surface area contributed by atoms with Crippen LogP contribution in [0.4, 0.5) is 0 Å². The number of rotatable bonds is 11. The number of hydrogen-bond donors (Lipinski definition) is 1. The van der Waals surface area contributed by atoms with Crippen molar-refractivity contribution in [2.24, 2.45) is 0 Å². The maximum absolute atomic E-state index is 3.52. The van der Waals surface area contributed by atoms with Crippen molar-refractivity contribution in [3.05, 3.63) is 35.4 Å². The Kier molecular flexibility index (Phi) is 9.31. The Balaban J connectivity index is 2.63. The van der Waals surface area contributed by atoms with E-state index in [1.807, 2.05) is 0 Å². The second-order valence-corrected chi connectivity index (χ2v) is 6.02. The molecule has 0 fully saturated rings. The minimum Gasteiger partial charge on any atom is -0.313 e. The van der Waals surface area contributed by atoms with Gasteiger partial charge < -0.3 is 10.2 Å². The van der Waals surface area contributed by atoms with Gasteiger partial charge in [-0.05, 0) is 51.2 Å². The van der Waals surface area contributed by atoms with E-state index in [2.05, 4.69) is 67.3 Å². The van der Waals surface area contributed by atoms with Crippen LogP contribution in [0.3, 0.4) is 0 Å². The SMILES string of the molecule is CCCNCc1ccccc1CN(CCC)CCN(C)C. The highest BCUT2D eigenvalue weighted by Crippen LogP contribution is 2.12. The van der Waals surface area contributed by atoms with E-state index in [4.69, 9.17) is 0 Å². The third-order valence-electron chi connectivity index (χ3n) is 3.66. The first-order valence-corrected chi connectivity index (χ1v) is 8.32. The van der Waals surface area contributed by atoms with Gasteiger partial charge in [-0.2, -0.15) is 0 Å². The van der Waals surface area contributed by atoms with E-state index in [1.54, 1.807) is 0 Å². The van der Waals surface area contributed by atoms with Gasteiger partial charge in [0.2, 0.25) is 0 Å². The maximum Gasteiger partial charge on any atom is 0.0237 e. The molecule has 0 aromatic heterocycles. The van der Waals surface area contributed by atoms with Gasteiger partial charge >= 0.3 is 0 Å². The quantitative estimate of drug-likeness (QED) is 0.632. The molecule has 3 nitrogen and oxygen atoms in total. The monoisotopic (exact) mass is 291 g/mol. The second-order valence-electron chi connectivity index (χ2n) is 6.02. The summed E-state index contributed by atoms with van der Waals surface area (Å²) in [5, 5.41) is 3.52. The van der Waals surface area contributed by atoms with E-state index in [0.29, 0.717) is 0 Å².